The molecule has 0 aromatic carbocycles. The smallest absolute Gasteiger partial charge is 0.434 e. The van der Waals surface area contributed by atoms with Gasteiger partial charge in [0.25, 0.3) is 6.10 Å². The quantitative estimate of drug-likeness (QED) is 0.850. The molecule has 0 unspecified atom stereocenters. The van der Waals surface area contributed by atoms with Crippen molar-refractivity contribution in [3.8, 4) is 5.88 Å². The minimum atomic E-state index is -5.61. The monoisotopic (exact) mass is 289 g/mol. The second-order valence-corrected chi connectivity index (χ2v) is 3.67. The molecule has 0 saturated carbocycles. The number of nitrogens with two attached hydrogens (primary N) is 1. The zero-order valence-corrected chi connectivity index (χ0v) is 9.73. The fourth-order valence-corrected chi connectivity index (χ4v) is 1.17. The Labute approximate surface area is 103 Å². The predicted octanol–water partition coefficient (Wildman–Crippen LogP) is 2.55. The van der Waals surface area contributed by atoms with Crippen LogP contribution in [0, 0.1) is 13.8 Å². The van der Waals surface area contributed by atoms with Gasteiger partial charge in [0.15, 0.2) is 0 Å². The Morgan fingerprint density at radius 2 is 1.47 bits per heavy atom. The van der Waals surface area contributed by atoms with E-state index in [2.05, 4.69) is 14.7 Å². The molecule has 0 bridgehead atoms. The molecule has 1 aromatic rings. The first-order chi connectivity index (χ1) is 8.43. The Balaban J connectivity index is 3.18. The second kappa shape index (κ2) is 4.74. The maximum Gasteiger partial charge on any atom is 0.434 e. The van der Waals surface area contributed by atoms with Gasteiger partial charge >= 0.3 is 12.4 Å². The van der Waals surface area contributed by atoms with E-state index in [1.54, 1.807) is 0 Å². The molecule has 0 spiro atoms. The largest absolute Gasteiger partial charge is 0.454 e. The maximum absolute atomic E-state index is 12.3. The number of nitrogens with zero attached hydrogens (tertiary/aromatic N) is 2. The summed E-state index contributed by atoms with van der Waals surface area (Å²) in [6, 6.07) is 0. The third-order valence-corrected chi connectivity index (χ3v) is 2.07. The summed E-state index contributed by atoms with van der Waals surface area (Å²) in [6.07, 6.45) is -15.2. The topological polar surface area (TPSA) is 61.0 Å². The Morgan fingerprint density at radius 1 is 1.00 bits per heavy atom. The van der Waals surface area contributed by atoms with Gasteiger partial charge in [0, 0.05) is 0 Å². The van der Waals surface area contributed by atoms with E-state index in [4.69, 9.17) is 5.73 Å². The summed E-state index contributed by atoms with van der Waals surface area (Å²) in [5, 5.41) is 0. The Hall–Kier alpha value is -1.74. The summed E-state index contributed by atoms with van der Waals surface area (Å²) in [5.74, 6) is -1.18. The first kappa shape index (κ1) is 15.3. The number of aromatic nitrogens is 2. The third kappa shape index (κ3) is 3.61. The van der Waals surface area contributed by atoms with Crippen LogP contribution in [0.25, 0.3) is 0 Å². The molecule has 0 aliphatic rings. The predicted molar refractivity (Wildman–Crippen MR) is 52.4 cm³/mol. The number of nitrogen functional groups attached to an aromatic ring is 1. The molecule has 0 aliphatic heterocycles. The van der Waals surface area contributed by atoms with E-state index in [1.807, 2.05) is 0 Å². The van der Waals surface area contributed by atoms with E-state index in [-0.39, 0.29) is 17.2 Å². The van der Waals surface area contributed by atoms with Crippen molar-refractivity contribution in [2.75, 3.05) is 5.73 Å². The van der Waals surface area contributed by atoms with Gasteiger partial charge in [0.2, 0.25) is 5.88 Å². The SMILES string of the molecule is Cc1nc(N)c(C)c(OC(C(F)(F)F)C(F)(F)F)n1. The summed E-state index contributed by atoms with van der Waals surface area (Å²) < 4.78 is 77.8. The molecule has 0 fully saturated rings. The number of halogens is 6. The van der Waals surface area contributed by atoms with Crippen molar-refractivity contribution in [1.82, 2.24) is 9.97 Å². The van der Waals surface area contributed by atoms with Gasteiger partial charge in [0.1, 0.15) is 11.6 Å². The molecule has 10 heteroatoms. The Morgan fingerprint density at radius 3 is 1.89 bits per heavy atom. The van der Waals surface area contributed by atoms with Gasteiger partial charge in [-0.15, -0.1) is 0 Å². The lowest BCUT2D eigenvalue weighted by Crippen LogP contribution is -2.46. The molecule has 2 N–H and O–H groups in total. The average Bonchev–Trinajstić information content (AvgIpc) is 2.17. The van der Waals surface area contributed by atoms with E-state index in [0.717, 1.165) is 6.92 Å². The van der Waals surface area contributed by atoms with E-state index in [0.29, 0.717) is 0 Å². The molecule has 19 heavy (non-hydrogen) atoms. The molecule has 0 aliphatic carbocycles. The van der Waals surface area contributed by atoms with Crippen LogP contribution in [0.4, 0.5) is 32.2 Å². The zero-order chi connectivity index (χ0) is 15.0. The summed E-state index contributed by atoms with van der Waals surface area (Å²) in [7, 11) is 0. The standard InChI is InChI=1S/C9H9F6N3O/c1-3-5(16)17-4(2)18-6(3)19-7(8(10,11)12)9(13,14)15/h7H,1-2H3,(H2,16,17,18). The normalized spacial score (nSPS) is 12.9. The van der Waals surface area contributed by atoms with Crippen LogP contribution in [-0.4, -0.2) is 28.4 Å². The van der Waals surface area contributed by atoms with Crippen LogP contribution in [0.15, 0.2) is 0 Å². The van der Waals surface area contributed by atoms with Crippen molar-refractivity contribution in [3.63, 3.8) is 0 Å². The molecule has 0 atom stereocenters. The van der Waals surface area contributed by atoms with Crippen molar-refractivity contribution in [3.05, 3.63) is 11.4 Å². The number of hydrogen-bond donors (Lipinski definition) is 1. The molecule has 1 rings (SSSR count). The lowest BCUT2D eigenvalue weighted by Gasteiger charge is -2.24. The van der Waals surface area contributed by atoms with Crippen molar-refractivity contribution in [2.24, 2.45) is 0 Å². The lowest BCUT2D eigenvalue weighted by molar-refractivity contribution is -0.300. The van der Waals surface area contributed by atoms with Gasteiger partial charge in [-0.1, -0.05) is 0 Å². The van der Waals surface area contributed by atoms with Crippen LogP contribution in [0.2, 0.25) is 0 Å². The molecule has 1 aromatic heterocycles. The highest BCUT2D eigenvalue weighted by Crippen LogP contribution is 2.37. The third-order valence-electron chi connectivity index (χ3n) is 2.07. The van der Waals surface area contributed by atoms with E-state index >= 15 is 0 Å². The van der Waals surface area contributed by atoms with E-state index < -0.39 is 24.3 Å². The molecular formula is C9H9F6N3O. The van der Waals surface area contributed by atoms with Crippen LogP contribution in [-0.2, 0) is 0 Å². The highest BCUT2D eigenvalue weighted by molar-refractivity contribution is 5.44. The van der Waals surface area contributed by atoms with Gasteiger partial charge in [-0.3, -0.25) is 0 Å². The van der Waals surface area contributed by atoms with E-state index in [1.165, 1.54) is 6.92 Å². The molecule has 0 saturated heterocycles. The molecule has 108 valence electrons. The van der Waals surface area contributed by atoms with Crippen molar-refractivity contribution in [2.45, 2.75) is 32.3 Å². The first-order valence-electron chi connectivity index (χ1n) is 4.83. The summed E-state index contributed by atoms with van der Waals surface area (Å²) in [4.78, 5) is 6.98. The Kier molecular flexibility index (Phi) is 3.82. The highest BCUT2D eigenvalue weighted by Gasteiger charge is 2.59. The molecule has 0 amide bonds. The number of rotatable bonds is 2. The summed E-state index contributed by atoms with van der Waals surface area (Å²) >= 11 is 0. The Bertz CT molecular complexity index is 456. The fourth-order valence-electron chi connectivity index (χ4n) is 1.17. The van der Waals surface area contributed by atoms with Gasteiger partial charge in [-0.25, -0.2) is 4.98 Å². The number of anilines is 1. The highest BCUT2D eigenvalue weighted by atomic mass is 19.4. The van der Waals surface area contributed by atoms with Crippen LogP contribution in [0.1, 0.15) is 11.4 Å². The minimum Gasteiger partial charge on any atom is -0.454 e. The van der Waals surface area contributed by atoms with Crippen molar-refractivity contribution >= 4 is 5.82 Å². The second-order valence-electron chi connectivity index (χ2n) is 3.67. The van der Waals surface area contributed by atoms with Crippen LogP contribution >= 0.6 is 0 Å². The maximum atomic E-state index is 12.3. The number of alkyl halides is 6. The van der Waals surface area contributed by atoms with Gasteiger partial charge in [0.05, 0.1) is 5.56 Å². The molecular weight excluding hydrogens is 280 g/mol. The molecule has 4 nitrogen and oxygen atoms in total. The number of ether oxygens (including phenoxy) is 1. The fraction of sp³-hybridized carbons (Fsp3) is 0.556. The van der Waals surface area contributed by atoms with Crippen LogP contribution in [0.5, 0.6) is 5.88 Å². The first-order valence-corrected chi connectivity index (χ1v) is 4.83. The number of hydrogen-bond acceptors (Lipinski definition) is 4. The van der Waals surface area contributed by atoms with Crippen LogP contribution in [0.3, 0.4) is 0 Å². The van der Waals surface area contributed by atoms with Crippen molar-refractivity contribution < 1.29 is 31.1 Å². The zero-order valence-electron chi connectivity index (χ0n) is 9.73. The minimum absolute atomic E-state index is 0.0961. The lowest BCUT2D eigenvalue weighted by atomic mass is 10.3. The van der Waals surface area contributed by atoms with Gasteiger partial charge < -0.3 is 10.5 Å². The van der Waals surface area contributed by atoms with Gasteiger partial charge in [-0.2, -0.15) is 31.3 Å². The summed E-state index contributed by atoms with van der Waals surface area (Å²) in [6.45, 7) is 2.42. The van der Waals surface area contributed by atoms with Gasteiger partial charge in [-0.05, 0) is 13.8 Å². The summed E-state index contributed by atoms with van der Waals surface area (Å²) in [5.41, 5.74) is 5.13. The molecule has 1 heterocycles. The van der Waals surface area contributed by atoms with Crippen molar-refractivity contribution in [1.29, 1.82) is 0 Å². The molecule has 0 radical (unpaired) electrons. The van der Waals surface area contributed by atoms with Crippen LogP contribution < -0.4 is 10.5 Å². The average molecular weight is 289 g/mol. The van der Waals surface area contributed by atoms with E-state index in [9.17, 15) is 26.3 Å². The number of aryl methyl sites for hydroxylation is 1.